The molecule has 1 aliphatic heterocycles. The molecule has 0 saturated heterocycles. The lowest BCUT2D eigenvalue weighted by atomic mass is 10.2. The minimum atomic E-state index is -3.89. The van der Waals surface area contributed by atoms with E-state index in [1.807, 2.05) is 6.07 Å². The molecule has 3 rings (SSSR count). The Kier molecular flexibility index (Phi) is 6.11. The Labute approximate surface area is 173 Å². The van der Waals surface area contributed by atoms with Gasteiger partial charge < -0.3 is 14.8 Å². The zero-order valence-electron chi connectivity index (χ0n) is 16.3. The topological polar surface area (TPSA) is 128 Å². The van der Waals surface area contributed by atoms with E-state index in [0.29, 0.717) is 11.5 Å². The van der Waals surface area contributed by atoms with Gasteiger partial charge in [0.1, 0.15) is 18.8 Å². The van der Waals surface area contributed by atoms with Gasteiger partial charge in [-0.25, -0.2) is 8.42 Å². The zero-order valence-corrected chi connectivity index (χ0v) is 17.2. The van der Waals surface area contributed by atoms with Crippen molar-refractivity contribution in [1.29, 1.82) is 0 Å². The van der Waals surface area contributed by atoms with E-state index in [2.05, 4.69) is 5.32 Å². The number of carbonyl (C=O) groups is 1. The second-order valence-electron chi connectivity index (χ2n) is 6.75. The smallest absolute Gasteiger partial charge is 0.271 e. The SMILES string of the molecule is CC(C(=O)NCC1COc2ccccc2O1)N(c1cccc([N+](=O)[O-])c1)S(C)(=O)=O. The van der Waals surface area contributed by atoms with Gasteiger partial charge in [-0.3, -0.25) is 19.2 Å². The molecule has 0 fully saturated rings. The molecule has 1 heterocycles. The zero-order chi connectivity index (χ0) is 21.9. The number of fused-ring (bicyclic) bond motifs is 1. The highest BCUT2D eigenvalue weighted by molar-refractivity contribution is 7.92. The molecular formula is C19H21N3O7S. The molecule has 0 spiro atoms. The number of nitro benzene ring substituents is 1. The van der Waals surface area contributed by atoms with Gasteiger partial charge in [0.05, 0.1) is 23.4 Å². The summed E-state index contributed by atoms with van der Waals surface area (Å²) >= 11 is 0. The van der Waals surface area contributed by atoms with Crippen molar-refractivity contribution in [3.05, 3.63) is 58.6 Å². The first-order valence-corrected chi connectivity index (χ1v) is 10.9. The number of non-ortho nitro benzene ring substituents is 1. The largest absolute Gasteiger partial charge is 0.486 e. The van der Waals surface area contributed by atoms with Crippen molar-refractivity contribution < 1.29 is 27.6 Å². The number of ether oxygens (including phenoxy) is 2. The van der Waals surface area contributed by atoms with Gasteiger partial charge in [-0.05, 0) is 25.1 Å². The van der Waals surface area contributed by atoms with Crippen LogP contribution in [0.5, 0.6) is 11.5 Å². The minimum Gasteiger partial charge on any atom is -0.486 e. The maximum Gasteiger partial charge on any atom is 0.271 e. The van der Waals surface area contributed by atoms with Crippen LogP contribution in [0.4, 0.5) is 11.4 Å². The van der Waals surface area contributed by atoms with Crippen molar-refractivity contribution in [2.24, 2.45) is 0 Å². The number of hydrogen-bond acceptors (Lipinski definition) is 7. The molecule has 0 aromatic heterocycles. The summed E-state index contributed by atoms with van der Waals surface area (Å²) in [6, 6.07) is 11.1. The average Bonchev–Trinajstić information content (AvgIpc) is 2.71. The van der Waals surface area contributed by atoms with Crippen molar-refractivity contribution in [3.63, 3.8) is 0 Å². The third kappa shape index (κ3) is 4.79. The molecule has 0 aliphatic carbocycles. The van der Waals surface area contributed by atoms with Gasteiger partial charge in [0.25, 0.3) is 5.69 Å². The summed E-state index contributed by atoms with van der Waals surface area (Å²) in [6.07, 6.45) is 0.491. The third-order valence-corrected chi connectivity index (χ3v) is 5.70. The van der Waals surface area contributed by atoms with Crippen LogP contribution in [0.2, 0.25) is 0 Å². The molecule has 0 bridgehead atoms. The Morgan fingerprint density at radius 3 is 2.63 bits per heavy atom. The normalized spacial score (nSPS) is 16.4. The molecule has 160 valence electrons. The molecule has 1 aliphatic rings. The van der Waals surface area contributed by atoms with Gasteiger partial charge in [-0.1, -0.05) is 18.2 Å². The van der Waals surface area contributed by atoms with Crippen molar-refractivity contribution in [2.45, 2.75) is 19.1 Å². The monoisotopic (exact) mass is 435 g/mol. The second kappa shape index (κ2) is 8.57. The number of carbonyl (C=O) groups excluding carboxylic acids is 1. The molecule has 1 N–H and O–H groups in total. The number of benzene rings is 2. The van der Waals surface area contributed by atoms with Gasteiger partial charge >= 0.3 is 0 Å². The van der Waals surface area contributed by atoms with Gasteiger partial charge in [-0.15, -0.1) is 0 Å². The molecule has 11 heteroatoms. The summed E-state index contributed by atoms with van der Waals surface area (Å²) in [5.41, 5.74) is -0.249. The third-order valence-electron chi connectivity index (χ3n) is 4.46. The maximum atomic E-state index is 12.7. The Hall–Kier alpha value is -3.34. The Bertz CT molecular complexity index is 1060. The van der Waals surface area contributed by atoms with Crippen LogP contribution < -0.4 is 19.1 Å². The van der Waals surface area contributed by atoms with E-state index in [1.165, 1.54) is 25.1 Å². The number of amides is 1. The fraction of sp³-hybridized carbons (Fsp3) is 0.316. The van der Waals surface area contributed by atoms with Crippen LogP contribution in [0.25, 0.3) is 0 Å². The van der Waals surface area contributed by atoms with Crippen molar-refractivity contribution in [2.75, 3.05) is 23.7 Å². The number of hydrogen-bond donors (Lipinski definition) is 1. The summed E-state index contributed by atoms with van der Waals surface area (Å²) < 4.78 is 36.9. The highest BCUT2D eigenvalue weighted by Crippen LogP contribution is 2.30. The lowest BCUT2D eigenvalue weighted by Gasteiger charge is -2.30. The number of sulfonamides is 1. The Morgan fingerprint density at radius 1 is 1.27 bits per heavy atom. The van der Waals surface area contributed by atoms with E-state index >= 15 is 0 Å². The van der Waals surface area contributed by atoms with E-state index in [0.717, 1.165) is 16.6 Å². The van der Waals surface area contributed by atoms with Crippen LogP contribution in [-0.4, -0.2) is 50.8 Å². The number of nitro groups is 1. The number of rotatable bonds is 7. The summed E-state index contributed by atoms with van der Waals surface area (Å²) in [5.74, 6) is 0.599. The quantitative estimate of drug-likeness (QED) is 0.518. The molecule has 30 heavy (non-hydrogen) atoms. The predicted molar refractivity (Wildman–Crippen MR) is 109 cm³/mol. The average molecular weight is 435 g/mol. The predicted octanol–water partition coefficient (Wildman–Crippen LogP) is 1.71. The maximum absolute atomic E-state index is 12.7. The first-order valence-electron chi connectivity index (χ1n) is 9.07. The highest BCUT2D eigenvalue weighted by atomic mass is 32.2. The number of nitrogens with one attached hydrogen (secondary N) is 1. The van der Waals surface area contributed by atoms with Crippen LogP contribution in [-0.2, 0) is 14.8 Å². The van der Waals surface area contributed by atoms with Gasteiger partial charge in [0.15, 0.2) is 11.5 Å². The summed E-state index contributed by atoms with van der Waals surface area (Å²) in [4.78, 5) is 23.1. The molecular weight excluding hydrogens is 414 g/mol. The van der Waals surface area contributed by atoms with Gasteiger partial charge in [0, 0.05) is 12.1 Å². The molecule has 0 radical (unpaired) electrons. The fourth-order valence-corrected chi connectivity index (χ4v) is 4.24. The fourth-order valence-electron chi connectivity index (χ4n) is 3.08. The van der Waals surface area contributed by atoms with Crippen LogP contribution in [0, 0.1) is 10.1 Å². The van der Waals surface area contributed by atoms with E-state index in [-0.39, 0.29) is 24.5 Å². The molecule has 10 nitrogen and oxygen atoms in total. The van der Waals surface area contributed by atoms with E-state index in [4.69, 9.17) is 9.47 Å². The van der Waals surface area contributed by atoms with Gasteiger partial charge in [-0.2, -0.15) is 0 Å². The lowest BCUT2D eigenvalue weighted by molar-refractivity contribution is -0.384. The van der Waals surface area contributed by atoms with Crippen LogP contribution in [0.3, 0.4) is 0 Å². The van der Waals surface area contributed by atoms with E-state index in [1.54, 1.807) is 18.2 Å². The Morgan fingerprint density at radius 2 is 1.97 bits per heavy atom. The number of para-hydroxylation sites is 2. The van der Waals surface area contributed by atoms with Crippen molar-refractivity contribution in [3.8, 4) is 11.5 Å². The van der Waals surface area contributed by atoms with Crippen molar-refractivity contribution >= 4 is 27.3 Å². The van der Waals surface area contributed by atoms with Gasteiger partial charge in [0.2, 0.25) is 15.9 Å². The van der Waals surface area contributed by atoms with E-state index < -0.39 is 33.0 Å². The van der Waals surface area contributed by atoms with E-state index in [9.17, 15) is 23.3 Å². The molecule has 0 saturated carbocycles. The van der Waals surface area contributed by atoms with Crippen LogP contribution in [0.15, 0.2) is 48.5 Å². The van der Waals surface area contributed by atoms with Crippen LogP contribution in [0.1, 0.15) is 6.92 Å². The standard InChI is InChI=1S/C19H21N3O7S/c1-13(21(30(2,26)27)14-6-5-7-15(10-14)22(24)25)19(23)20-11-16-12-28-17-8-3-4-9-18(17)29-16/h3-10,13,16H,11-12H2,1-2H3,(H,20,23). The molecule has 2 atom stereocenters. The molecule has 2 unspecified atom stereocenters. The Balaban J connectivity index is 1.71. The molecule has 2 aromatic carbocycles. The molecule has 1 amide bonds. The number of anilines is 1. The minimum absolute atomic E-state index is 0.0283. The summed E-state index contributed by atoms with van der Waals surface area (Å²) in [5, 5.41) is 13.7. The van der Waals surface area contributed by atoms with Crippen LogP contribution >= 0.6 is 0 Å². The summed E-state index contributed by atoms with van der Waals surface area (Å²) in [6.45, 7) is 1.74. The molecule has 2 aromatic rings. The highest BCUT2D eigenvalue weighted by Gasteiger charge is 2.31. The van der Waals surface area contributed by atoms with Crippen molar-refractivity contribution in [1.82, 2.24) is 5.32 Å². The first-order chi connectivity index (χ1) is 14.2. The first kappa shape index (κ1) is 21.4. The lowest BCUT2D eigenvalue weighted by Crippen LogP contribution is -2.50. The second-order valence-corrected chi connectivity index (χ2v) is 8.61. The summed E-state index contributed by atoms with van der Waals surface area (Å²) in [7, 11) is -3.89. The number of nitrogens with zero attached hydrogens (tertiary/aromatic N) is 2.